The monoisotopic (exact) mass is 453 g/mol. The Balaban J connectivity index is 1.87. The van der Waals surface area contributed by atoms with E-state index in [1.807, 2.05) is 0 Å². The van der Waals surface area contributed by atoms with Gasteiger partial charge in [-0.3, -0.25) is 14.5 Å². The summed E-state index contributed by atoms with van der Waals surface area (Å²) in [7, 11) is 0. The van der Waals surface area contributed by atoms with Crippen LogP contribution in [0.1, 0.15) is 33.0 Å². The summed E-state index contributed by atoms with van der Waals surface area (Å²) in [5, 5.41) is -0.652. The number of hydrogen-bond acceptors (Lipinski definition) is 6. The van der Waals surface area contributed by atoms with Crippen molar-refractivity contribution in [3.8, 4) is 0 Å². The van der Waals surface area contributed by atoms with Crippen LogP contribution in [-0.4, -0.2) is 56.6 Å². The number of rotatable bonds is 5. The predicted octanol–water partition coefficient (Wildman–Crippen LogP) is 2.52. The molecule has 0 saturated carbocycles. The second kappa shape index (κ2) is 8.40. The molecule has 152 valence electrons. The molecule has 0 unspecified atom stereocenters. The van der Waals surface area contributed by atoms with Crippen molar-refractivity contribution >= 4 is 52.2 Å². The van der Waals surface area contributed by atoms with Crippen molar-refractivity contribution in [1.29, 1.82) is 0 Å². The van der Waals surface area contributed by atoms with Crippen LogP contribution in [0.3, 0.4) is 0 Å². The van der Waals surface area contributed by atoms with E-state index in [2.05, 4.69) is 9.47 Å². The number of carbonyl (C=O) groups is 3. The number of cyclic esters (lactones) is 1. The maximum atomic E-state index is 13.1. The first-order chi connectivity index (χ1) is 21.0. The van der Waals surface area contributed by atoms with Gasteiger partial charge in [-0.05, 0) is 36.3 Å². The van der Waals surface area contributed by atoms with Crippen molar-refractivity contribution in [3.63, 3.8) is 0 Å². The summed E-state index contributed by atoms with van der Waals surface area (Å²) in [5.74, 6) is -3.71. The number of thiophene rings is 1. The minimum atomic E-state index is -3.98. The number of nitrogens with zero attached hydrogens (tertiary/aromatic N) is 2. The molecule has 29 heavy (non-hydrogen) atoms. The molecule has 3 heterocycles. The van der Waals surface area contributed by atoms with Gasteiger partial charge in [0.1, 0.15) is 12.6 Å². The summed E-state index contributed by atoms with van der Waals surface area (Å²) < 4.78 is 155. The molecular weight excluding hydrogens is 418 g/mol. The predicted molar refractivity (Wildman–Crippen MR) is 109 cm³/mol. The van der Waals surface area contributed by atoms with Crippen LogP contribution in [0.5, 0.6) is 0 Å². The fourth-order valence-corrected chi connectivity index (χ4v) is 2.70. The van der Waals surface area contributed by atoms with Crippen molar-refractivity contribution in [1.82, 2.24) is 5.31 Å². The zero-order valence-corrected chi connectivity index (χ0v) is 15.2. The van der Waals surface area contributed by atoms with Crippen LogP contribution in [0.4, 0.5) is 16.2 Å². The summed E-state index contributed by atoms with van der Waals surface area (Å²) in [6.07, 6.45) is -6.00. The van der Waals surface area contributed by atoms with Crippen LogP contribution in [0.2, 0.25) is 5.75 Å². The third kappa shape index (κ3) is 4.36. The summed E-state index contributed by atoms with van der Waals surface area (Å²) >= 11 is 6.02. The highest BCUT2D eigenvalue weighted by Crippen LogP contribution is 2.26. The molecule has 0 aliphatic carbocycles. The highest BCUT2D eigenvalue weighted by Gasteiger charge is 2.33. The zero-order valence-electron chi connectivity index (χ0n) is 31.7. The molecular formula is C19H18ClN3O5S. The van der Waals surface area contributed by atoms with Crippen LogP contribution >= 0.6 is 22.9 Å². The molecule has 3 amide bonds. The maximum Gasteiger partial charge on any atom is 0.414 e. The van der Waals surface area contributed by atoms with Crippen LogP contribution in [0, 0.1) is 0 Å². The number of carbonyl (C=O) groups excluding carboxylic acids is 3. The molecule has 2 aromatic rings. The van der Waals surface area contributed by atoms with Crippen molar-refractivity contribution in [2.75, 3.05) is 42.4 Å². The van der Waals surface area contributed by atoms with Gasteiger partial charge >= 0.3 is 6.09 Å². The topological polar surface area (TPSA) is 88.2 Å². The Bertz CT molecular complexity index is 1710. The van der Waals surface area contributed by atoms with E-state index in [1.54, 1.807) is 0 Å². The second-order valence-corrected chi connectivity index (χ2v) is 6.51. The van der Waals surface area contributed by atoms with E-state index >= 15 is 0 Å². The standard InChI is InChI=1S/C19H18ClN3O5S/c20-16-6-5-15(29-16)18(25)21-9-14-10-23(19(26)28-14)13-3-1-12(2-4-13)22-7-8-27-11-17(22)24/h1-6,14H,7-11H2,(H,21,25)/t14-/m0/s1/i1D,2D,3D,4D,5D,6D,7D2,8D2,9D2,10D2,11D2,14D/hD. The first-order valence-electron chi connectivity index (χ1n) is 16.3. The van der Waals surface area contributed by atoms with Gasteiger partial charge in [0.2, 0.25) is 0 Å². The molecule has 1 aromatic carbocycles. The molecule has 1 N–H and O–H groups in total. The van der Waals surface area contributed by atoms with E-state index in [1.165, 1.54) is 0 Å². The Morgan fingerprint density at radius 2 is 2.07 bits per heavy atom. The molecule has 4 rings (SSSR count). The summed E-state index contributed by atoms with van der Waals surface area (Å²) in [5.41, 5.74) is -2.75. The Labute approximate surface area is 201 Å². The molecule has 0 bridgehead atoms. The van der Waals surface area contributed by atoms with Gasteiger partial charge in [0.25, 0.3) is 11.8 Å². The number of nitrogens with one attached hydrogen (secondary N) is 1. The fourth-order valence-electron chi connectivity index (χ4n) is 1.91. The third-order valence-corrected chi connectivity index (χ3v) is 4.19. The quantitative estimate of drug-likeness (QED) is 0.751. The average Bonchev–Trinajstić information content (AvgIpc) is 3.30. The molecule has 2 saturated heterocycles. The van der Waals surface area contributed by atoms with E-state index < -0.39 is 119 Å². The Morgan fingerprint density at radius 1 is 1.34 bits per heavy atom. The van der Waals surface area contributed by atoms with Crippen LogP contribution in [-0.2, 0) is 14.3 Å². The molecule has 10 heteroatoms. The van der Waals surface area contributed by atoms with E-state index in [9.17, 15) is 14.4 Å². The number of morpholine rings is 1. The van der Waals surface area contributed by atoms with Crippen LogP contribution in [0.15, 0.2) is 36.3 Å². The van der Waals surface area contributed by atoms with Gasteiger partial charge in [-0.1, -0.05) is 11.6 Å². The molecule has 2 aliphatic rings. The molecule has 2 fully saturated rings. The lowest BCUT2D eigenvalue weighted by Crippen LogP contribution is -2.41. The van der Waals surface area contributed by atoms with Gasteiger partial charge in [0, 0.05) is 17.9 Å². The normalized spacial score (nSPS) is 38.4. The fraction of sp³-hybridized carbons (Fsp3) is 0.316. The van der Waals surface area contributed by atoms with Crippen molar-refractivity contribution in [2.24, 2.45) is 0 Å². The largest absolute Gasteiger partial charge is 0.442 e. The molecule has 1 aromatic heterocycles. The van der Waals surface area contributed by atoms with Gasteiger partial charge in [-0.15, -0.1) is 11.3 Å². The lowest BCUT2D eigenvalue weighted by atomic mass is 10.2. The van der Waals surface area contributed by atoms with Crippen LogP contribution < -0.4 is 15.1 Å². The van der Waals surface area contributed by atoms with Crippen LogP contribution in [0.25, 0.3) is 0 Å². The lowest BCUT2D eigenvalue weighted by molar-refractivity contribution is -0.125. The molecule has 1 atom stereocenters. The lowest BCUT2D eigenvalue weighted by Gasteiger charge is -2.27. The number of amides is 3. The Morgan fingerprint density at radius 3 is 2.76 bits per heavy atom. The van der Waals surface area contributed by atoms with Gasteiger partial charge in [-0.2, -0.15) is 0 Å². The second-order valence-electron chi connectivity index (χ2n) is 4.88. The highest BCUT2D eigenvalue weighted by atomic mass is 35.5. The number of hydrogen-bond donors (Lipinski definition) is 1. The van der Waals surface area contributed by atoms with Crippen molar-refractivity contribution in [2.45, 2.75) is 6.08 Å². The number of anilines is 2. The third-order valence-electron chi connectivity index (χ3n) is 3.10. The number of halogens is 1. The smallest absolute Gasteiger partial charge is 0.414 e. The van der Waals surface area contributed by atoms with E-state index in [0.29, 0.717) is 11.3 Å². The summed E-state index contributed by atoms with van der Waals surface area (Å²) in [6.45, 7) is -18.8. The van der Waals surface area contributed by atoms with Gasteiger partial charge in [0.15, 0.2) is 1.41 Å². The minimum Gasteiger partial charge on any atom is -0.442 e. The number of benzene rings is 1. The van der Waals surface area contributed by atoms with Gasteiger partial charge < -0.3 is 19.7 Å². The first-order valence-corrected chi connectivity index (χ1v) is 8.51. The molecule has 2 aliphatic heterocycles. The highest BCUT2D eigenvalue weighted by molar-refractivity contribution is 7.18. The van der Waals surface area contributed by atoms with Gasteiger partial charge in [-0.25, -0.2) is 4.79 Å². The molecule has 8 nitrogen and oxygen atoms in total. The molecule has 0 radical (unpaired) electrons. The summed E-state index contributed by atoms with van der Waals surface area (Å²) in [6, 6.07) is -7.33. The first kappa shape index (κ1) is 7.57. The minimum absolute atomic E-state index is 0.291. The van der Waals surface area contributed by atoms with E-state index in [0.717, 1.165) is 0 Å². The zero-order chi connectivity index (χ0) is 36.4. The SMILES string of the molecule is [2H]c1c(Cl)sc(C(=O)N([2H])C([2H])([2H])[C@]2([2H])OC(=O)N(c3c([2H])c([2H])c(N4C(=O)C([2H])([2H])OC([2H])([2H])C4([2H])[2H])c([2H])c3[2H])C2([2H])[2H])c1[2H]. The van der Waals surface area contributed by atoms with Crippen molar-refractivity contribution in [3.05, 3.63) is 45.5 Å². The van der Waals surface area contributed by atoms with Gasteiger partial charge in [0.05, 0.1) is 52.1 Å². The van der Waals surface area contributed by atoms with E-state index in [4.69, 9.17) is 36.3 Å². The van der Waals surface area contributed by atoms with Crippen molar-refractivity contribution < 1.29 is 48.6 Å². The average molecular weight is 454 g/mol. The molecule has 0 spiro atoms. The Hall–Kier alpha value is -2.62. The maximum absolute atomic E-state index is 13.1. The summed E-state index contributed by atoms with van der Waals surface area (Å²) in [4.78, 5) is 37.4. The Kier molecular flexibility index (Phi) is 2.19. The van der Waals surface area contributed by atoms with E-state index in [-0.39, 0.29) is 9.80 Å². The number of ether oxygens (including phenoxy) is 2.